The van der Waals surface area contributed by atoms with E-state index in [4.69, 9.17) is 5.11 Å². The number of pyridine rings is 1. The Morgan fingerprint density at radius 1 is 1.58 bits per heavy atom. The van der Waals surface area contributed by atoms with Gasteiger partial charge in [-0.2, -0.15) is 0 Å². The number of aliphatic carboxylic acids is 1. The zero-order chi connectivity index (χ0) is 13.2. The minimum absolute atomic E-state index is 0.463. The van der Waals surface area contributed by atoms with Crippen LogP contribution in [0.2, 0.25) is 0 Å². The van der Waals surface area contributed by atoms with E-state index in [0.29, 0.717) is 19.5 Å². The second-order valence-corrected chi connectivity index (χ2v) is 4.60. The van der Waals surface area contributed by atoms with E-state index in [1.54, 1.807) is 12.5 Å². The van der Waals surface area contributed by atoms with E-state index in [-0.39, 0.29) is 0 Å². The van der Waals surface area contributed by atoms with Crippen molar-refractivity contribution in [3.05, 3.63) is 47.8 Å². The molecule has 1 aliphatic heterocycles. The average Bonchev–Trinajstić information content (AvgIpc) is 2.82. The van der Waals surface area contributed by atoms with Crippen LogP contribution in [0.15, 0.2) is 30.9 Å². The Labute approximate surface area is 110 Å². The number of hydrogen-bond donors (Lipinski definition) is 2. The molecule has 0 saturated carbocycles. The molecule has 1 unspecified atom stereocenters. The van der Waals surface area contributed by atoms with Crippen LogP contribution in [0.1, 0.15) is 17.0 Å². The number of rotatable bonds is 3. The molecule has 6 heteroatoms. The third kappa shape index (κ3) is 2.34. The van der Waals surface area contributed by atoms with E-state index in [0.717, 1.165) is 17.0 Å². The summed E-state index contributed by atoms with van der Waals surface area (Å²) in [6.07, 6.45) is 5.77. The van der Waals surface area contributed by atoms with E-state index in [1.807, 2.05) is 22.9 Å². The third-order valence-corrected chi connectivity index (χ3v) is 3.32. The highest BCUT2D eigenvalue weighted by atomic mass is 16.4. The molecule has 2 aromatic heterocycles. The van der Waals surface area contributed by atoms with E-state index in [2.05, 4.69) is 15.3 Å². The molecular weight excluding hydrogens is 244 g/mol. The predicted molar refractivity (Wildman–Crippen MR) is 67.5 cm³/mol. The van der Waals surface area contributed by atoms with Crippen LogP contribution >= 0.6 is 0 Å². The summed E-state index contributed by atoms with van der Waals surface area (Å²) in [5.74, 6) is -0.820. The lowest BCUT2D eigenvalue weighted by Crippen LogP contribution is -2.42. The molecule has 0 radical (unpaired) electrons. The molecule has 0 spiro atoms. The Balaban J connectivity index is 1.85. The van der Waals surface area contributed by atoms with Gasteiger partial charge < -0.3 is 9.67 Å². The van der Waals surface area contributed by atoms with Crippen LogP contribution in [0.3, 0.4) is 0 Å². The minimum Gasteiger partial charge on any atom is -0.480 e. The number of carbonyl (C=O) groups is 1. The number of nitrogens with one attached hydrogen (secondary N) is 1. The molecule has 0 saturated heterocycles. The summed E-state index contributed by atoms with van der Waals surface area (Å²) >= 11 is 0. The van der Waals surface area contributed by atoms with Crippen LogP contribution in [-0.2, 0) is 24.3 Å². The minimum atomic E-state index is -0.820. The van der Waals surface area contributed by atoms with Gasteiger partial charge in [0.25, 0.3) is 0 Å². The molecule has 2 N–H and O–H groups in total. The molecule has 3 rings (SSSR count). The van der Waals surface area contributed by atoms with Gasteiger partial charge in [-0.3, -0.25) is 15.1 Å². The summed E-state index contributed by atoms with van der Waals surface area (Å²) in [6.45, 7) is 1.18. The normalized spacial score (nSPS) is 18.0. The molecule has 19 heavy (non-hydrogen) atoms. The highest BCUT2D eigenvalue weighted by Gasteiger charge is 2.26. The number of nitrogens with zero attached hydrogens (tertiary/aromatic N) is 3. The maximum Gasteiger partial charge on any atom is 0.321 e. The van der Waals surface area contributed by atoms with Crippen molar-refractivity contribution in [3.8, 4) is 0 Å². The summed E-state index contributed by atoms with van der Waals surface area (Å²) < 4.78 is 2.00. The number of fused-ring (bicyclic) bond motifs is 1. The first kappa shape index (κ1) is 11.9. The van der Waals surface area contributed by atoms with Gasteiger partial charge >= 0.3 is 5.97 Å². The van der Waals surface area contributed by atoms with Crippen molar-refractivity contribution in [2.45, 2.75) is 25.6 Å². The summed E-state index contributed by atoms with van der Waals surface area (Å²) in [5.41, 5.74) is 3.00. The average molecular weight is 258 g/mol. The van der Waals surface area contributed by atoms with E-state index < -0.39 is 12.0 Å². The SMILES string of the molecule is O=C(O)C1Cc2c(ncn2Cc2cccnc2)CN1. The van der Waals surface area contributed by atoms with Crippen molar-refractivity contribution in [3.63, 3.8) is 0 Å². The Bertz CT molecular complexity index is 594. The Kier molecular flexibility index (Phi) is 3.00. The van der Waals surface area contributed by atoms with Gasteiger partial charge in [0.2, 0.25) is 0 Å². The van der Waals surface area contributed by atoms with Gasteiger partial charge in [0.1, 0.15) is 6.04 Å². The van der Waals surface area contributed by atoms with Crippen LogP contribution in [-0.4, -0.2) is 31.7 Å². The summed E-state index contributed by atoms with van der Waals surface area (Å²) in [5, 5.41) is 12.0. The lowest BCUT2D eigenvalue weighted by atomic mass is 10.1. The summed E-state index contributed by atoms with van der Waals surface area (Å²) in [6, 6.07) is 3.35. The van der Waals surface area contributed by atoms with Gasteiger partial charge in [0.05, 0.1) is 18.6 Å². The molecule has 2 aromatic rings. The first-order valence-electron chi connectivity index (χ1n) is 6.12. The zero-order valence-corrected chi connectivity index (χ0v) is 10.3. The fourth-order valence-electron chi connectivity index (χ4n) is 2.32. The topological polar surface area (TPSA) is 80.0 Å². The molecule has 0 bridgehead atoms. The molecule has 0 fully saturated rings. The molecule has 1 aliphatic rings. The second-order valence-electron chi connectivity index (χ2n) is 4.60. The maximum atomic E-state index is 11.1. The predicted octanol–water partition coefficient (Wildman–Crippen LogP) is 0.425. The van der Waals surface area contributed by atoms with Crippen LogP contribution in [0.4, 0.5) is 0 Å². The molecule has 3 heterocycles. The van der Waals surface area contributed by atoms with Crippen LogP contribution in [0, 0.1) is 0 Å². The molecule has 0 aromatic carbocycles. The van der Waals surface area contributed by atoms with Crippen LogP contribution in [0.5, 0.6) is 0 Å². The van der Waals surface area contributed by atoms with Gasteiger partial charge in [0, 0.05) is 31.1 Å². The number of carboxylic acids is 1. The number of carboxylic acid groups (broad SMARTS) is 1. The quantitative estimate of drug-likeness (QED) is 0.834. The lowest BCUT2D eigenvalue weighted by molar-refractivity contribution is -0.139. The first-order valence-corrected chi connectivity index (χ1v) is 6.12. The Morgan fingerprint density at radius 3 is 3.21 bits per heavy atom. The summed E-state index contributed by atoms with van der Waals surface area (Å²) in [7, 11) is 0. The number of hydrogen-bond acceptors (Lipinski definition) is 4. The van der Waals surface area contributed by atoms with Crippen molar-refractivity contribution < 1.29 is 9.90 Å². The van der Waals surface area contributed by atoms with Gasteiger partial charge in [-0.25, -0.2) is 4.98 Å². The van der Waals surface area contributed by atoms with Crippen molar-refractivity contribution in [2.75, 3.05) is 0 Å². The second kappa shape index (κ2) is 4.81. The van der Waals surface area contributed by atoms with Crippen molar-refractivity contribution in [2.24, 2.45) is 0 Å². The fraction of sp³-hybridized carbons (Fsp3) is 0.308. The van der Waals surface area contributed by atoms with Crippen LogP contribution < -0.4 is 5.32 Å². The van der Waals surface area contributed by atoms with E-state index in [9.17, 15) is 4.79 Å². The maximum absolute atomic E-state index is 11.1. The van der Waals surface area contributed by atoms with E-state index >= 15 is 0 Å². The monoisotopic (exact) mass is 258 g/mol. The highest BCUT2D eigenvalue weighted by molar-refractivity contribution is 5.74. The zero-order valence-electron chi connectivity index (χ0n) is 10.3. The van der Waals surface area contributed by atoms with Gasteiger partial charge in [-0.1, -0.05) is 6.07 Å². The van der Waals surface area contributed by atoms with Gasteiger partial charge in [-0.15, -0.1) is 0 Å². The molecule has 1 atom stereocenters. The largest absolute Gasteiger partial charge is 0.480 e. The molecule has 98 valence electrons. The standard InChI is InChI=1S/C13H14N4O2/c18-13(19)10-4-12-11(6-15-10)16-8-17(12)7-9-2-1-3-14-5-9/h1-3,5,8,10,15H,4,6-7H2,(H,18,19). The Morgan fingerprint density at radius 2 is 2.47 bits per heavy atom. The van der Waals surface area contributed by atoms with E-state index in [1.165, 1.54) is 0 Å². The third-order valence-electron chi connectivity index (χ3n) is 3.32. The van der Waals surface area contributed by atoms with Crippen molar-refractivity contribution in [1.82, 2.24) is 19.9 Å². The van der Waals surface area contributed by atoms with Crippen molar-refractivity contribution in [1.29, 1.82) is 0 Å². The fourth-order valence-corrected chi connectivity index (χ4v) is 2.32. The number of imidazole rings is 1. The van der Waals surface area contributed by atoms with Crippen LogP contribution in [0.25, 0.3) is 0 Å². The molecule has 0 aliphatic carbocycles. The Hall–Kier alpha value is -2.21. The first-order chi connectivity index (χ1) is 9.24. The lowest BCUT2D eigenvalue weighted by Gasteiger charge is -2.21. The molecular formula is C13H14N4O2. The molecule has 6 nitrogen and oxygen atoms in total. The van der Waals surface area contributed by atoms with Crippen molar-refractivity contribution >= 4 is 5.97 Å². The smallest absolute Gasteiger partial charge is 0.321 e. The summed E-state index contributed by atoms with van der Waals surface area (Å²) in [4.78, 5) is 19.5. The number of aromatic nitrogens is 3. The molecule has 0 amide bonds. The highest BCUT2D eigenvalue weighted by Crippen LogP contribution is 2.17. The van der Waals surface area contributed by atoms with Gasteiger partial charge in [-0.05, 0) is 11.6 Å². The van der Waals surface area contributed by atoms with Gasteiger partial charge in [0.15, 0.2) is 0 Å².